The number of amides is 1. The summed E-state index contributed by atoms with van der Waals surface area (Å²) in [6.07, 6.45) is 0. The first kappa shape index (κ1) is 12.9. The fraction of sp³-hybridized carbons (Fsp3) is 0. The van der Waals surface area contributed by atoms with Gasteiger partial charge in [0.1, 0.15) is 11.4 Å². The maximum absolute atomic E-state index is 11.0. The molecule has 1 aromatic carbocycles. The molecule has 0 aliphatic carbocycles. The van der Waals surface area contributed by atoms with Gasteiger partial charge in [0, 0.05) is 10.5 Å². The number of primary amides is 1. The number of rotatable bonds is 3. The van der Waals surface area contributed by atoms with Gasteiger partial charge < -0.3 is 10.5 Å². The van der Waals surface area contributed by atoms with E-state index in [2.05, 4.69) is 20.9 Å². The summed E-state index contributed by atoms with van der Waals surface area (Å²) in [5, 5.41) is 0.449. The lowest BCUT2D eigenvalue weighted by Crippen LogP contribution is -2.12. The van der Waals surface area contributed by atoms with Crippen molar-refractivity contribution in [3.05, 3.63) is 51.6 Å². The number of hydrogen-bond donors (Lipinski definition) is 1. The Morgan fingerprint density at radius 2 is 2.11 bits per heavy atom. The molecular formula is C12H8BrClN2O2. The lowest BCUT2D eigenvalue weighted by Gasteiger charge is -2.07. The van der Waals surface area contributed by atoms with Crippen molar-refractivity contribution >= 4 is 33.4 Å². The minimum absolute atomic E-state index is 0.138. The van der Waals surface area contributed by atoms with Gasteiger partial charge in [0.2, 0.25) is 5.88 Å². The average Bonchev–Trinajstić information content (AvgIpc) is 2.34. The molecule has 1 heterocycles. The molecule has 0 aliphatic heterocycles. The quantitative estimate of drug-likeness (QED) is 0.939. The number of pyridine rings is 1. The number of ether oxygens (including phenoxy) is 1. The summed E-state index contributed by atoms with van der Waals surface area (Å²) in [6.45, 7) is 0. The SMILES string of the molecule is NC(=O)c1cccc(Oc2cc(Br)ccc2Cl)n1. The summed E-state index contributed by atoms with van der Waals surface area (Å²) >= 11 is 9.30. The summed E-state index contributed by atoms with van der Waals surface area (Å²) in [5.41, 5.74) is 5.28. The molecule has 0 bridgehead atoms. The molecule has 92 valence electrons. The molecule has 2 rings (SSSR count). The van der Waals surface area contributed by atoms with E-state index < -0.39 is 5.91 Å². The summed E-state index contributed by atoms with van der Waals surface area (Å²) in [5.74, 6) is 0.0900. The third kappa shape index (κ3) is 3.00. The lowest BCUT2D eigenvalue weighted by molar-refractivity contribution is 0.0995. The van der Waals surface area contributed by atoms with E-state index in [1.165, 1.54) is 6.07 Å². The van der Waals surface area contributed by atoms with Crippen LogP contribution in [0.25, 0.3) is 0 Å². The maximum atomic E-state index is 11.0. The highest BCUT2D eigenvalue weighted by Gasteiger charge is 2.07. The van der Waals surface area contributed by atoms with Crippen LogP contribution in [0.4, 0.5) is 0 Å². The Morgan fingerprint density at radius 3 is 2.83 bits per heavy atom. The Balaban J connectivity index is 2.31. The van der Waals surface area contributed by atoms with Crippen molar-refractivity contribution in [2.24, 2.45) is 5.73 Å². The molecule has 0 radical (unpaired) electrons. The normalized spacial score (nSPS) is 10.1. The minimum atomic E-state index is -0.610. The molecule has 2 N–H and O–H groups in total. The zero-order chi connectivity index (χ0) is 13.1. The van der Waals surface area contributed by atoms with Gasteiger partial charge in [-0.05, 0) is 24.3 Å². The number of nitrogens with two attached hydrogens (primary N) is 1. The third-order valence-corrected chi connectivity index (χ3v) is 2.89. The molecule has 0 unspecified atom stereocenters. The number of halogens is 2. The van der Waals surface area contributed by atoms with Crippen LogP contribution in [0.2, 0.25) is 5.02 Å². The molecule has 0 aliphatic rings. The van der Waals surface area contributed by atoms with Crippen LogP contribution in [0.3, 0.4) is 0 Å². The Bertz CT molecular complexity index is 604. The highest BCUT2D eigenvalue weighted by atomic mass is 79.9. The molecule has 0 atom stereocenters. The van der Waals surface area contributed by atoms with Crippen LogP contribution >= 0.6 is 27.5 Å². The first-order chi connectivity index (χ1) is 8.56. The minimum Gasteiger partial charge on any atom is -0.437 e. The molecule has 1 amide bonds. The highest BCUT2D eigenvalue weighted by Crippen LogP contribution is 2.31. The van der Waals surface area contributed by atoms with Gasteiger partial charge >= 0.3 is 0 Å². The number of nitrogens with zero attached hydrogens (tertiary/aromatic N) is 1. The molecule has 4 nitrogen and oxygen atoms in total. The molecule has 0 spiro atoms. The standard InChI is InChI=1S/C12H8BrClN2O2/c13-7-4-5-8(14)10(6-7)18-11-3-1-2-9(16-11)12(15)17/h1-6H,(H2,15,17). The second-order valence-corrected chi connectivity index (χ2v) is 4.72. The van der Waals surface area contributed by atoms with E-state index in [0.29, 0.717) is 10.8 Å². The third-order valence-electron chi connectivity index (χ3n) is 2.08. The van der Waals surface area contributed by atoms with Crippen LogP contribution in [0.1, 0.15) is 10.5 Å². The van der Waals surface area contributed by atoms with Gasteiger partial charge in [-0.2, -0.15) is 0 Å². The average molecular weight is 328 g/mol. The van der Waals surface area contributed by atoms with Gasteiger partial charge in [-0.25, -0.2) is 4.98 Å². The smallest absolute Gasteiger partial charge is 0.267 e. The first-order valence-electron chi connectivity index (χ1n) is 4.96. The molecule has 0 saturated carbocycles. The van der Waals surface area contributed by atoms with E-state index in [9.17, 15) is 4.79 Å². The second kappa shape index (κ2) is 5.37. The van der Waals surface area contributed by atoms with Gasteiger partial charge in [0.25, 0.3) is 5.91 Å². The van der Waals surface area contributed by atoms with Crippen LogP contribution in [-0.2, 0) is 0 Å². The van der Waals surface area contributed by atoms with Gasteiger partial charge in [0.05, 0.1) is 5.02 Å². The van der Waals surface area contributed by atoms with E-state index in [-0.39, 0.29) is 11.6 Å². The topological polar surface area (TPSA) is 65.2 Å². The number of hydrogen-bond acceptors (Lipinski definition) is 3. The van der Waals surface area contributed by atoms with Crippen molar-refractivity contribution in [1.29, 1.82) is 0 Å². The molecule has 0 saturated heterocycles. The van der Waals surface area contributed by atoms with Gasteiger partial charge in [-0.3, -0.25) is 4.79 Å². The van der Waals surface area contributed by atoms with Gasteiger partial charge in [-0.15, -0.1) is 0 Å². The van der Waals surface area contributed by atoms with Crippen molar-refractivity contribution < 1.29 is 9.53 Å². The van der Waals surface area contributed by atoms with Crippen LogP contribution in [-0.4, -0.2) is 10.9 Å². The van der Waals surface area contributed by atoms with E-state index >= 15 is 0 Å². The molecular weight excluding hydrogens is 320 g/mol. The van der Waals surface area contributed by atoms with Crippen molar-refractivity contribution in [2.45, 2.75) is 0 Å². The van der Waals surface area contributed by atoms with Crippen LogP contribution in [0.15, 0.2) is 40.9 Å². The Labute approximate surface area is 117 Å². The monoisotopic (exact) mass is 326 g/mol. The number of carbonyl (C=O) groups is 1. The van der Waals surface area contributed by atoms with Crippen LogP contribution in [0.5, 0.6) is 11.6 Å². The van der Waals surface area contributed by atoms with E-state index in [4.69, 9.17) is 22.1 Å². The second-order valence-electron chi connectivity index (χ2n) is 3.40. The summed E-state index contributed by atoms with van der Waals surface area (Å²) in [7, 11) is 0. The zero-order valence-electron chi connectivity index (χ0n) is 9.06. The van der Waals surface area contributed by atoms with E-state index in [1.54, 1.807) is 30.3 Å². The number of carbonyl (C=O) groups excluding carboxylic acids is 1. The number of aromatic nitrogens is 1. The fourth-order valence-electron chi connectivity index (χ4n) is 1.28. The molecule has 1 aromatic heterocycles. The maximum Gasteiger partial charge on any atom is 0.267 e. The molecule has 6 heteroatoms. The Morgan fingerprint density at radius 1 is 1.33 bits per heavy atom. The van der Waals surface area contributed by atoms with E-state index in [1.807, 2.05) is 0 Å². The predicted molar refractivity (Wildman–Crippen MR) is 72.0 cm³/mol. The van der Waals surface area contributed by atoms with Crippen LogP contribution in [0, 0.1) is 0 Å². The molecule has 0 fully saturated rings. The van der Waals surface area contributed by atoms with Gasteiger partial charge in [-0.1, -0.05) is 33.6 Å². The zero-order valence-corrected chi connectivity index (χ0v) is 11.4. The van der Waals surface area contributed by atoms with Gasteiger partial charge in [0.15, 0.2) is 0 Å². The van der Waals surface area contributed by atoms with Crippen molar-refractivity contribution in [3.8, 4) is 11.6 Å². The largest absolute Gasteiger partial charge is 0.437 e. The Hall–Kier alpha value is -1.59. The first-order valence-corrected chi connectivity index (χ1v) is 6.13. The van der Waals surface area contributed by atoms with Crippen molar-refractivity contribution in [1.82, 2.24) is 4.98 Å². The Kier molecular flexibility index (Phi) is 3.84. The highest BCUT2D eigenvalue weighted by molar-refractivity contribution is 9.10. The molecule has 2 aromatic rings. The fourth-order valence-corrected chi connectivity index (χ4v) is 1.77. The van der Waals surface area contributed by atoms with E-state index in [0.717, 1.165) is 4.47 Å². The predicted octanol–water partition coefficient (Wildman–Crippen LogP) is 3.39. The van der Waals surface area contributed by atoms with Crippen molar-refractivity contribution in [2.75, 3.05) is 0 Å². The summed E-state index contributed by atoms with van der Waals surface area (Å²) in [4.78, 5) is 15.0. The van der Waals surface area contributed by atoms with Crippen molar-refractivity contribution in [3.63, 3.8) is 0 Å². The lowest BCUT2D eigenvalue weighted by atomic mass is 10.3. The van der Waals surface area contributed by atoms with Crippen LogP contribution < -0.4 is 10.5 Å². The summed E-state index contributed by atoms with van der Waals surface area (Å²) in [6, 6.07) is 9.96. The summed E-state index contributed by atoms with van der Waals surface area (Å²) < 4.78 is 6.33. The molecule has 18 heavy (non-hydrogen) atoms. The number of benzene rings is 1.